The van der Waals surface area contributed by atoms with E-state index in [-0.39, 0.29) is 12.7 Å². The first-order valence-corrected chi connectivity index (χ1v) is 25.2. The molecule has 342 valence electrons. The van der Waals surface area contributed by atoms with E-state index in [1.807, 2.05) is 12.1 Å². The van der Waals surface area contributed by atoms with E-state index >= 15 is 0 Å². The molecule has 6 aromatic carbocycles. The smallest absolute Gasteiger partial charge is 0.406 e. The summed E-state index contributed by atoms with van der Waals surface area (Å²) >= 11 is 0. The lowest BCUT2D eigenvalue weighted by molar-refractivity contribution is 0.299. The standard InChI is InChI=1S/C58H73BN2O4/c1-4-7-10-13-14-15-16-17-18-21-36-63-51-40-48(39-49(41-51)59-60-54-26-22-24-47-25-23-27-55(61-59)58(47)54)44-28-30-45(31-29-44)52-42-57(65-38-20-12-9-6-3)53(46-32-34-50(62)35-33-46)43-56(52)64-37-19-11-8-5-2/h22-35,39-43,60-62H,4-21,36-38H2,1-3H3. The number of benzene rings is 6. The van der Waals surface area contributed by atoms with E-state index in [4.69, 9.17) is 14.2 Å². The molecular formula is C58H73BN2O4. The molecule has 0 unspecified atom stereocenters. The van der Waals surface area contributed by atoms with E-state index in [2.05, 4.69) is 122 Å². The molecule has 1 heterocycles. The highest BCUT2D eigenvalue weighted by Gasteiger charge is 2.27. The highest BCUT2D eigenvalue weighted by molar-refractivity contribution is 6.80. The zero-order valence-electron chi connectivity index (χ0n) is 39.6. The van der Waals surface area contributed by atoms with Crippen molar-refractivity contribution in [2.24, 2.45) is 0 Å². The molecule has 65 heavy (non-hydrogen) atoms. The minimum absolute atomic E-state index is 0.126. The van der Waals surface area contributed by atoms with E-state index in [1.54, 1.807) is 12.1 Å². The number of anilines is 2. The van der Waals surface area contributed by atoms with Crippen molar-refractivity contribution in [2.75, 3.05) is 30.3 Å². The van der Waals surface area contributed by atoms with Crippen molar-refractivity contribution < 1.29 is 19.3 Å². The van der Waals surface area contributed by atoms with Gasteiger partial charge in [-0.15, -0.1) is 0 Å². The van der Waals surface area contributed by atoms with Crippen LogP contribution >= 0.6 is 0 Å². The highest BCUT2D eigenvalue weighted by Crippen LogP contribution is 2.42. The molecule has 0 atom stereocenters. The molecule has 0 aromatic heterocycles. The molecule has 0 radical (unpaired) electrons. The van der Waals surface area contributed by atoms with Crippen molar-refractivity contribution in [3.63, 3.8) is 0 Å². The molecule has 1 aliphatic rings. The Balaban J connectivity index is 1.15. The summed E-state index contributed by atoms with van der Waals surface area (Å²) in [4.78, 5) is 0. The summed E-state index contributed by atoms with van der Waals surface area (Å²) < 4.78 is 19.8. The van der Waals surface area contributed by atoms with Crippen LogP contribution in [0.25, 0.3) is 44.2 Å². The Bertz CT molecular complexity index is 2320. The summed E-state index contributed by atoms with van der Waals surface area (Å²) in [5, 5.41) is 20.2. The van der Waals surface area contributed by atoms with Crippen LogP contribution in [0.4, 0.5) is 11.4 Å². The first kappa shape index (κ1) is 47.4. The summed E-state index contributed by atoms with van der Waals surface area (Å²) in [6, 6.07) is 40.2. The summed E-state index contributed by atoms with van der Waals surface area (Å²) in [7, 11) is 0. The maximum atomic E-state index is 10.1. The number of ether oxygens (including phenoxy) is 3. The molecule has 7 rings (SSSR count). The number of phenolic OH excluding ortho intramolecular Hbond substituents is 1. The molecule has 0 amide bonds. The topological polar surface area (TPSA) is 72.0 Å². The largest absolute Gasteiger partial charge is 0.508 e. The minimum Gasteiger partial charge on any atom is -0.508 e. The molecule has 0 saturated carbocycles. The van der Waals surface area contributed by atoms with Gasteiger partial charge < -0.3 is 29.8 Å². The van der Waals surface area contributed by atoms with E-state index in [0.29, 0.717) is 19.8 Å². The van der Waals surface area contributed by atoms with Gasteiger partial charge in [-0.2, -0.15) is 0 Å². The molecule has 7 heteroatoms. The number of nitrogens with one attached hydrogen (secondary N) is 2. The second kappa shape index (κ2) is 25.2. The molecular weight excluding hydrogens is 799 g/mol. The van der Waals surface area contributed by atoms with Gasteiger partial charge in [-0.3, -0.25) is 0 Å². The predicted octanol–water partition coefficient (Wildman–Crippen LogP) is 16.0. The molecule has 0 saturated heterocycles. The van der Waals surface area contributed by atoms with Crippen LogP contribution in [0.3, 0.4) is 0 Å². The molecule has 0 bridgehead atoms. The normalized spacial score (nSPS) is 12.0. The Kier molecular flexibility index (Phi) is 18.4. The molecule has 6 nitrogen and oxygen atoms in total. The third-order valence-corrected chi connectivity index (χ3v) is 12.8. The van der Waals surface area contributed by atoms with E-state index in [1.165, 1.54) is 94.2 Å². The summed E-state index contributed by atoms with van der Waals surface area (Å²) in [5.74, 6) is 2.80. The number of hydrogen-bond donors (Lipinski definition) is 3. The maximum Gasteiger partial charge on any atom is 0.406 e. The molecule has 0 aliphatic carbocycles. The Hall–Kier alpha value is -5.56. The molecule has 0 spiro atoms. The Morgan fingerprint density at radius 2 is 0.877 bits per heavy atom. The second-order valence-corrected chi connectivity index (χ2v) is 18.0. The maximum absolute atomic E-state index is 10.1. The molecule has 6 aromatic rings. The van der Waals surface area contributed by atoms with E-state index < -0.39 is 0 Å². The van der Waals surface area contributed by atoms with Crippen molar-refractivity contribution in [3.8, 4) is 56.4 Å². The summed E-state index contributed by atoms with van der Waals surface area (Å²) in [6.07, 6.45) is 22.0. The number of aromatic hydroxyl groups is 1. The van der Waals surface area contributed by atoms with Gasteiger partial charge in [-0.1, -0.05) is 184 Å². The van der Waals surface area contributed by atoms with Gasteiger partial charge in [0.1, 0.15) is 23.0 Å². The van der Waals surface area contributed by atoms with Crippen molar-refractivity contribution in [3.05, 3.63) is 115 Å². The van der Waals surface area contributed by atoms with Crippen LogP contribution in [0.2, 0.25) is 0 Å². The monoisotopic (exact) mass is 873 g/mol. The number of unbranched alkanes of at least 4 members (excludes halogenated alkanes) is 15. The third-order valence-electron chi connectivity index (χ3n) is 12.8. The van der Waals surface area contributed by atoms with Gasteiger partial charge in [0, 0.05) is 27.9 Å². The number of rotatable bonds is 28. The van der Waals surface area contributed by atoms with Crippen LogP contribution in [0.1, 0.15) is 136 Å². The zero-order chi connectivity index (χ0) is 45.1. The Morgan fingerprint density at radius 3 is 1.40 bits per heavy atom. The lowest BCUT2D eigenvalue weighted by atomic mass is 9.65. The minimum atomic E-state index is -0.126. The van der Waals surface area contributed by atoms with Crippen LogP contribution < -0.4 is 30.1 Å². The van der Waals surface area contributed by atoms with Crippen molar-refractivity contribution in [2.45, 2.75) is 136 Å². The van der Waals surface area contributed by atoms with Gasteiger partial charge in [0.2, 0.25) is 0 Å². The van der Waals surface area contributed by atoms with Crippen LogP contribution in [0, 0.1) is 0 Å². The fraction of sp³-hybridized carbons (Fsp3) is 0.414. The number of phenols is 1. The zero-order valence-corrected chi connectivity index (χ0v) is 39.6. The van der Waals surface area contributed by atoms with Crippen LogP contribution in [0.5, 0.6) is 23.0 Å². The first-order chi connectivity index (χ1) is 32.0. The quantitative estimate of drug-likeness (QED) is 0.0337. The number of hydrogen-bond acceptors (Lipinski definition) is 6. The second-order valence-electron chi connectivity index (χ2n) is 18.0. The van der Waals surface area contributed by atoms with Crippen LogP contribution in [0.15, 0.2) is 115 Å². The average molecular weight is 873 g/mol. The fourth-order valence-corrected chi connectivity index (χ4v) is 9.07. The third kappa shape index (κ3) is 13.5. The molecule has 3 N–H and O–H groups in total. The van der Waals surface area contributed by atoms with Gasteiger partial charge in [-0.05, 0) is 101 Å². The van der Waals surface area contributed by atoms with Gasteiger partial charge in [0.25, 0.3) is 0 Å². The predicted molar refractivity (Wildman–Crippen MR) is 278 cm³/mol. The first-order valence-electron chi connectivity index (χ1n) is 25.2. The van der Waals surface area contributed by atoms with Gasteiger partial charge in [-0.25, -0.2) is 0 Å². The Morgan fingerprint density at radius 1 is 0.431 bits per heavy atom. The Labute approximate surface area is 390 Å². The van der Waals surface area contributed by atoms with Crippen molar-refractivity contribution >= 4 is 34.6 Å². The van der Waals surface area contributed by atoms with E-state index in [0.717, 1.165) is 99.6 Å². The van der Waals surface area contributed by atoms with Gasteiger partial charge in [0.05, 0.1) is 19.8 Å². The fourth-order valence-electron chi connectivity index (χ4n) is 9.07. The van der Waals surface area contributed by atoms with E-state index in [9.17, 15) is 5.11 Å². The lowest BCUT2D eigenvalue weighted by Gasteiger charge is -2.27. The van der Waals surface area contributed by atoms with Crippen molar-refractivity contribution in [1.82, 2.24) is 0 Å². The van der Waals surface area contributed by atoms with Crippen LogP contribution in [-0.4, -0.2) is 31.9 Å². The SMILES string of the molecule is CCCCCCCCCCCCOc1cc(B2Nc3cccc4cccc(c34)N2)cc(-c2ccc(-c3cc(OCCCCCC)c(-c4ccc(O)cc4)cc3OCCCCCC)cc2)c1. The van der Waals surface area contributed by atoms with Crippen LogP contribution in [-0.2, 0) is 0 Å². The van der Waals surface area contributed by atoms with Gasteiger partial charge in [0.15, 0.2) is 0 Å². The molecule has 0 fully saturated rings. The highest BCUT2D eigenvalue weighted by atomic mass is 16.5. The summed E-state index contributed by atoms with van der Waals surface area (Å²) in [5.41, 5.74) is 9.65. The van der Waals surface area contributed by atoms with Gasteiger partial charge >= 0.3 is 6.98 Å². The van der Waals surface area contributed by atoms with Crippen molar-refractivity contribution in [1.29, 1.82) is 0 Å². The average Bonchev–Trinajstić information content (AvgIpc) is 3.33. The molecule has 1 aliphatic heterocycles. The lowest BCUT2D eigenvalue weighted by Crippen LogP contribution is -2.47. The summed E-state index contributed by atoms with van der Waals surface area (Å²) in [6.45, 7) is 8.62.